The highest BCUT2D eigenvalue weighted by molar-refractivity contribution is 5.47. The zero-order valence-corrected chi connectivity index (χ0v) is 11.3. The van der Waals surface area contributed by atoms with Crippen molar-refractivity contribution in [2.45, 2.75) is 19.4 Å². The molecule has 3 heteroatoms. The topological polar surface area (TPSA) is 55.5 Å². The Kier molecular flexibility index (Phi) is 3.76. The van der Waals surface area contributed by atoms with Gasteiger partial charge in [0.1, 0.15) is 18.0 Å². The summed E-state index contributed by atoms with van der Waals surface area (Å²) in [6.07, 6.45) is 0. The highest BCUT2D eigenvalue weighted by Crippen LogP contribution is 2.25. The zero-order valence-electron chi connectivity index (χ0n) is 11.3. The third kappa shape index (κ3) is 3.26. The summed E-state index contributed by atoms with van der Waals surface area (Å²) >= 11 is 0. The fourth-order valence-electron chi connectivity index (χ4n) is 1.93. The molecule has 0 spiro atoms. The molecule has 0 bridgehead atoms. The quantitative estimate of drug-likeness (QED) is 0.828. The predicted octanol–water partition coefficient (Wildman–Crippen LogP) is 2.86. The summed E-state index contributed by atoms with van der Waals surface area (Å²) in [4.78, 5) is 0. The van der Waals surface area contributed by atoms with E-state index in [0.29, 0.717) is 5.69 Å². The smallest absolute Gasteiger partial charge is 0.122 e. The summed E-state index contributed by atoms with van der Waals surface area (Å²) in [6.45, 7) is 3.87. The van der Waals surface area contributed by atoms with E-state index in [9.17, 15) is 5.11 Å². The van der Waals surface area contributed by atoms with Crippen LogP contribution in [-0.2, 0) is 5.60 Å². The lowest BCUT2D eigenvalue weighted by Gasteiger charge is -2.24. The van der Waals surface area contributed by atoms with Gasteiger partial charge in [-0.3, -0.25) is 0 Å². The monoisotopic (exact) mass is 257 g/mol. The van der Waals surface area contributed by atoms with Crippen molar-refractivity contribution in [1.29, 1.82) is 0 Å². The molecule has 0 aromatic heterocycles. The number of nitrogen functional groups attached to an aromatic ring is 1. The van der Waals surface area contributed by atoms with Crippen molar-refractivity contribution in [3.8, 4) is 5.75 Å². The van der Waals surface area contributed by atoms with Gasteiger partial charge in [0, 0.05) is 5.69 Å². The van der Waals surface area contributed by atoms with E-state index in [1.807, 2.05) is 49.4 Å². The maximum Gasteiger partial charge on any atom is 0.122 e. The molecule has 0 amide bonds. The van der Waals surface area contributed by atoms with Gasteiger partial charge in [-0.25, -0.2) is 0 Å². The normalized spacial score (nSPS) is 13.8. The molecule has 100 valence electrons. The first-order valence-electron chi connectivity index (χ1n) is 6.26. The molecular weight excluding hydrogens is 238 g/mol. The number of ether oxygens (including phenoxy) is 1. The average Bonchev–Trinajstić information content (AvgIpc) is 2.39. The Morgan fingerprint density at radius 3 is 2.47 bits per heavy atom. The molecule has 19 heavy (non-hydrogen) atoms. The average molecular weight is 257 g/mol. The molecule has 0 aliphatic rings. The molecular formula is C16H19NO2. The lowest BCUT2D eigenvalue weighted by molar-refractivity contribution is 0.00740. The van der Waals surface area contributed by atoms with Crippen LogP contribution in [0, 0.1) is 6.92 Å². The van der Waals surface area contributed by atoms with Gasteiger partial charge in [0.05, 0.1) is 0 Å². The summed E-state index contributed by atoms with van der Waals surface area (Å²) in [7, 11) is 0. The zero-order chi connectivity index (χ0) is 13.9. The second kappa shape index (κ2) is 5.33. The minimum absolute atomic E-state index is 0.196. The standard InChI is InChI=1S/C16H19NO2/c1-12-10-14(17)8-9-15(12)19-11-16(2,18)13-6-4-3-5-7-13/h3-10,18H,11,17H2,1-2H3. The molecule has 0 aliphatic heterocycles. The highest BCUT2D eigenvalue weighted by atomic mass is 16.5. The van der Waals surface area contributed by atoms with Crippen LogP contribution in [0.5, 0.6) is 5.75 Å². The Bertz CT molecular complexity index is 550. The Morgan fingerprint density at radius 2 is 1.84 bits per heavy atom. The molecule has 2 aromatic rings. The van der Waals surface area contributed by atoms with E-state index >= 15 is 0 Å². The first-order chi connectivity index (χ1) is 8.99. The summed E-state index contributed by atoms with van der Waals surface area (Å²) < 4.78 is 5.71. The van der Waals surface area contributed by atoms with Crippen LogP contribution in [-0.4, -0.2) is 11.7 Å². The molecule has 1 atom stereocenters. The summed E-state index contributed by atoms with van der Waals surface area (Å²) in [5.41, 5.74) is 7.18. The van der Waals surface area contributed by atoms with Crippen molar-refractivity contribution in [1.82, 2.24) is 0 Å². The third-order valence-corrected chi connectivity index (χ3v) is 3.10. The van der Waals surface area contributed by atoms with E-state index in [-0.39, 0.29) is 6.61 Å². The van der Waals surface area contributed by atoms with E-state index in [4.69, 9.17) is 10.5 Å². The van der Waals surface area contributed by atoms with Crippen LogP contribution < -0.4 is 10.5 Å². The number of aryl methyl sites for hydroxylation is 1. The maximum atomic E-state index is 10.4. The van der Waals surface area contributed by atoms with Gasteiger partial charge in [0.2, 0.25) is 0 Å². The fourth-order valence-corrected chi connectivity index (χ4v) is 1.93. The number of hydrogen-bond donors (Lipinski definition) is 2. The van der Waals surface area contributed by atoms with Gasteiger partial charge in [-0.05, 0) is 43.2 Å². The van der Waals surface area contributed by atoms with Crippen LogP contribution in [0.25, 0.3) is 0 Å². The molecule has 2 rings (SSSR count). The molecule has 1 unspecified atom stereocenters. The SMILES string of the molecule is Cc1cc(N)ccc1OCC(C)(O)c1ccccc1. The number of aliphatic hydroxyl groups is 1. The minimum atomic E-state index is -1.02. The molecule has 0 saturated carbocycles. The van der Waals surface area contributed by atoms with Crippen molar-refractivity contribution < 1.29 is 9.84 Å². The van der Waals surface area contributed by atoms with Gasteiger partial charge < -0.3 is 15.6 Å². The Morgan fingerprint density at radius 1 is 1.16 bits per heavy atom. The van der Waals surface area contributed by atoms with Crippen molar-refractivity contribution in [2.24, 2.45) is 0 Å². The van der Waals surface area contributed by atoms with Crippen LogP contribution in [0.15, 0.2) is 48.5 Å². The van der Waals surface area contributed by atoms with Gasteiger partial charge in [0.15, 0.2) is 0 Å². The highest BCUT2D eigenvalue weighted by Gasteiger charge is 2.24. The lowest BCUT2D eigenvalue weighted by Crippen LogP contribution is -2.29. The third-order valence-electron chi connectivity index (χ3n) is 3.10. The van der Waals surface area contributed by atoms with Crippen LogP contribution in [0.3, 0.4) is 0 Å². The van der Waals surface area contributed by atoms with E-state index in [1.54, 1.807) is 13.0 Å². The molecule has 3 nitrogen and oxygen atoms in total. The Hall–Kier alpha value is -2.00. The molecule has 0 aliphatic carbocycles. The maximum absolute atomic E-state index is 10.4. The largest absolute Gasteiger partial charge is 0.490 e. The van der Waals surface area contributed by atoms with Crippen molar-refractivity contribution >= 4 is 5.69 Å². The second-order valence-corrected chi connectivity index (χ2v) is 4.95. The van der Waals surface area contributed by atoms with E-state index in [0.717, 1.165) is 16.9 Å². The van der Waals surface area contributed by atoms with Crippen LogP contribution in [0.4, 0.5) is 5.69 Å². The first kappa shape index (κ1) is 13.4. The van der Waals surface area contributed by atoms with Gasteiger partial charge in [-0.15, -0.1) is 0 Å². The van der Waals surface area contributed by atoms with Crippen molar-refractivity contribution in [2.75, 3.05) is 12.3 Å². The fraction of sp³-hybridized carbons (Fsp3) is 0.250. The molecule has 0 fully saturated rings. The van der Waals surface area contributed by atoms with Gasteiger partial charge in [-0.1, -0.05) is 30.3 Å². The molecule has 0 radical (unpaired) electrons. The van der Waals surface area contributed by atoms with E-state index in [1.165, 1.54) is 0 Å². The van der Waals surface area contributed by atoms with Crippen molar-refractivity contribution in [3.05, 3.63) is 59.7 Å². The van der Waals surface area contributed by atoms with Gasteiger partial charge in [-0.2, -0.15) is 0 Å². The minimum Gasteiger partial charge on any atom is -0.490 e. The molecule has 0 saturated heterocycles. The van der Waals surface area contributed by atoms with E-state index in [2.05, 4.69) is 0 Å². The summed E-state index contributed by atoms with van der Waals surface area (Å²) in [5, 5.41) is 10.4. The second-order valence-electron chi connectivity index (χ2n) is 4.95. The van der Waals surface area contributed by atoms with Gasteiger partial charge >= 0.3 is 0 Å². The molecule has 3 N–H and O–H groups in total. The number of rotatable bonds is 4. The van der Waals surface area contributed by atoms with Gasteiger partial charge in [0.25, 0.3) is 0 Å². The number of anilines is 1. The number of benzene rings is 2. The lowest BCUT2D eigenvalue weighted by atomic mass is 9.97. The summed E-state index contributed by atoms with van der Waals surface area (Å²) in [5.74, 6) is 0.741. The number of hydrogen-bond acceptors (Lipinski definition) is 3. The Labute approximate surface area is 113 Å². The van der Waals surface area contributed by atoms with Crippen LogP contribution in [0.2, 0.25) is 0 Å². The first-order valence-corrected chi connectivity index (χ1v) is 6.26. The summed E-state index contributed by atoms with van der Waals surface area (Å²) in [6, 6.07) is 15.0. The Balaban J connectivity index is 2.09. The van der Waals surface area contributed by atoms with Crippen LogP contribution >= 0.6 is 0 Å². The number of nitrogens with two attached hydrogens (primary N) is 1. The van der Waals surface area contributed by atoms with Crippen LogP contribution in [0.1, 0.15) is 18.1 Å². The molecule has 0 heterocycles. The van der Waals surface area contributed by atoms with Crippen molar-refractivity contribution in [3.63, 3.8) is 0 Å². The molecule has 2 aromatic carbocycles. The van der Waals surface area contributed by atoms with E-state index < -0.39 is 5.60 Å². The predicted molar refractivity (Wildman–Crippen MR) is 77.1 cm³/mol.